The number of alkyl carbamates (subject to hydrolysis) is 1. The molecule has 2 rings (SSSR count). The first kappa shape index (κ1) is 21.7. The van der Waals surface area contributed by atoms with Crippen LogP contribution in [-0.4, -0.2) is 59.6 Å². The van der Waals surface area contributed by atoms with Crippen LogP contribution in [0.2, 0.25) is 0 Å². The Hall–Kier alpha value is -2.64. The zero-order valence-electron chi connectivity index (χ0n) is 16.9. The Bertz CT molecular complexity index is 665. The third-order valence-electron chi connectivity index (χ3n) is 4.42. The predicted molar refractivity (Wildman–Crippen MR) is 105 cm³/mol. The van der Waals surface area contributed by atoms with Crippen molar-refractivity contribution in [3.05, 3.63) is 30.1 Å². The highest BCUT2D eigenvalue weighted by Crippen LogP contribution is 2.18. The first-order valence-corrected chi connectivity index (χ1v) is 9.67. The Kier molecular flexibility index (Phi) is 7.78. The minimum Gasteiger partial charge on any atom is -0.444 e. The van der Waals surface area contributed by atoms with Crippen molar-refractivity contribution in [2.45, 2.75) is 45.6 Å². The SMILES string of the molecule is CC(C)(C)OC(=O)NCCC(=O)NCC1CCN(C(=O)c2cccnc2)CC1. The van der Waals surface area contributed by atoms with Gasteiger partial charge >= 0.3 is 6.09 Å². The van der Waals surface area contributed by atoms with Gasteiger partial charge in [0, 0.05) is 45.0 Å². The van der Waals surface area contributed by atoms with Crippen LogP contribution in [0.5, 0.6) is 0 Å². The summed E-state index contributed by atoms with van der Waals surface area (Å²) >= 11 is 0. The molecule has 154 valence electrons. The minimum atomic E-state index is -0.556. The summed E-state index contributed by atoms with van der Waals surface area (Å²) in [5.41, 5.74) is 0.0475. The van der Waals surface area contributed by atoms with Crippen LogP contribution in [0, 0.1) is 5.92 Å². The Morgan fingerprint density at radius 3 is 2.54 bits per heavy atom. The van der Waals surface area contributed by atoms with Crippen molar-refractivity contribution in [1.29, 1.82) is 0 Å². The second-order valence-corrected chi connectivity index (χ2v) is 7.96. The van der Waals surface area contributed by atoms with Gasteiger partial charge in [-0.15, -0.1) is 0 Å². The Morgan fingerprint density at radius 1 is 1.21 bits per heavy atom. The quantitative estimate of drug-likeness (QED) is 0.773. The summed E-state index contributed by atoms with van der Waals surface area (Å²) in [6.07, 6.45) is 4.61. The number of aromatic nitrogens is 1. The fourth-order valence-corrected chi connectivity index (χ4v) is 2.95. The van der Waals surface area contributed by atoms with Gasteiger partial charge in [0.1, 0.15) is 5.60 Å². The standard InChI is InChI=1S/C20H30N4O4/c1-20(2,3)28-19(27)22-10-6-17(25)23-13-15-7-11-24(12-8-15)18(26)16-5-4-9-21-14-16/h4-5,9,14-15H,6-8,10-13H2,1-3H3,(H,22,27)(H,23,25). The van der Waals surface area contributed by atoms with Crippen molar-refractivity contribution in [1.82, 2.24) is 20.5 Å². The van der Waals surface area contributed by atoms with E-state index in [9.17, 15) is 14.4 Å². The molecule has 3 amide bonds. The molecule has 2 N–H and O–H groups in total. The van der Waals surface area contributed by atoms with Gasteiger partial charge in [0.2, 0.25) is 5.91 Å². The highest BCUT2D eigenvalue weighted by Gasteiger charge is 2.24. The Morgan fingerprint density at radius 2 is 1.93 bits per heavy atom. The van der Waals surface area contributed by atoms with Gasteiger partial charge in [-0.2, -0.15) is 0 Å². The van der Waals surface area contributed by atoms with Gasteiger partial charge in [0.05, 0.1) is 5.56 Å². The number of carbonyl (C=O) groups excluding carboxylic acids is 3. The summed E-state index contributed by atoms with van der Waals surface area (Å²) in [6, 6.07) is 3.53. The summed E-state index contributed by atoms with van der Waals surface area (Å²) in [6.45, 7) is 7.53. The number of pyridine rings is 1. The fourth-order valence-electron chi connectivity index (χ4n) is 2.95. The van der Waals surface area contributed by atoms with Gasteiger partial charge in [-0.1, -0.05) is 0 Å². The molecule has 28 heavy (non-hydrogen) atoms. The number of rotatable bonds is 6. The van der Waals surface area contributed by atoms with Crippen LogP contribution >= 0.6 is 0 Å². The average molecular weight is 390 g/mol. The van der Waals surface area contributed by atoms with Gasteiger partial charge in [-0.3, -0.25) is 14.6 Å². The van der Waals surface area contributed by atoms with Crippen LogP contribution in [0.3, 0.4) is 0 Å². The minimum absolute atomic E-state index is 0.00352. The molecule has 8 nitrogen and oxygen atoms in total. The maximum atomic E-state index is 12.4. The van der Waals surface area contributed by atoms with Gasteiger partial charge in [0.15, 0.2) is 0 Å². The molecule has 1 aromatic heterocycles. The molecule has 0 aliphatic carbocycles. The van der Waals surface area contributed by atoms with E-state index in [-0.39, 0.29) is 24.8 Å². The largest absolute Gasteiger partial charge is 0.444 e. The van der Waals surface area contributed by atoms with E-state index in [0.29, 0.717) is 31.1 Å². The maximum absolute atomic E-state index is 12.4. The molecule has 1 aliphatic heterocycles. The van der Waals surface area contributed by atoms with Crippen LogP contribution in [0.4, 0.5) is 4.79 Å². The van der Waals surface area contributed by atoms with E-state index in [2.05, 4.69) is 15.6 Å². The monoisotopic (exact) mass is 390 g/mol. The van der Waals surface area contributed by atoms with Crippen molar-refractivity contribution in [3.8, 4) is 0 Å². The van der Waals surface area contributed by atoms with E-state index in [1.165, 1.54) is 0 Å². The normalized spacial score (nSPS) is 15.0. The van der Waals surface area contributed by atoms with Crippen molar-refractivity contribution in [3.63, 3.8) is 0 Å². The lowest BCUT2D eigenvalue weighted by Crippen LogP contribution is -2.42. The molecular formula is C20H30N4O4. The molecule has 1 fully saturated rings. The predicted octanol–water partition coefficient (Wildman–Crippen LogP) is 1.96. The second kappa shape index (κ2) is 10.1. The van der Waals surface area contributed by atoms with Crippen molar-refractivity contribution in [2.24, 2.45) is 5.92 Å². The lowest BCUT2D eigenvalue weighted by Gasteiger charge is -2.32. The van der Waals surface area contributed by atoms with E-state index in [1.54, 1.807) is 45.3 Å². The zero-order valence-corrected chi connectivity index (χ0v) is 16.9. The van der Waals surface area contributed by atoms with Crippen molar-refractivity contribution in [2.75, 3.05) is 26.2 Å². The summed E-state index contributed by atoms with van der Waals surface area (Å²) in [4.78, 5) is 41.7. The summed E-state index contributed by atoms with van der Waals surface area (Å²) < 4.78 is 5.12. The number of amides is 3. The smallest absolute Gasteiger partial charge is 0.407 e. The lowest BCUT2D eigenvalue weighted by molar-refractivity contribution is -0.121. The fraction of sp³-hybridized carbons (Fsp3) is 0.600. The molecule has 8 heteroatoms. The number of likely N-dealkylation sites (tertiary alicyclic amines) is 1. The molecule has 1 aromatic rings. The number of hydrogen-bond acceptors (Lipinski definition) is 5. The highest BCUT2D eigenvalue weighted by molar-refractivity contribution is 5.93. The molecule has 0 radical (unpaired) electrons. The van der Waals surface area contributed by atoms with Gasteiger partial charge in [0.25, 0.3) is 5.91 Å². The second-order valence-electron chi connectivity index (χ2n) is 7.96. The maximum Gasteiger partial charge on any atom is 0.407 e. The summed E-state index contributed by atoms with van der Waals surface area (Å²) in [5, 5.41) is 5.48. The third kappa shape index (κ3) is 7.54. The van der Waals surface area contributed by atoms with Crippen molar-refractivity contribution >= 4 is 17.9 Å². The van der Waals surface area contributed by atoms with Gasteiger partial charge in [-0.05, 0) is 51.7 Å². The molecule has 0 saturated carbocycles. The molecule has 0 atom stereocenters. The Labute approximate surface area is 166 Å². The average Bonchev–Trinajstić information content (AvgIpc) is 2.65. The van der Waals surface area contributed by atoms with E-state index < -0.39 is 11.7 Å². The number of nitrogens with one attached hydrogen (secondary N) is 2. The van der Waals surface area contributed by atoms with Crippen LogP contribution in [0.25, 0.3) is 0 Å². The molecule has 2 heterocycles. The zero-order chi connectivity index (χ0) is 20.6. The Balaban J connectivity index is 1.61. The van der Waals surface area contributed by atoms with Crippen LogP contribution in [0.15, 0.2) is 24.5 Å². The van der Waals surface area contributed by atoms with Crippen LogP contribution < -0.4 is 10.6 Å². The lowest BCUT2D eigenvalue weighted by atomic mass is 9.96. The summed E-state index contributed by atoms with van der Waals surface area (Å²) in [7, 11) is 0. The molecular weight excluding hydrogens is 360 g/mol. The number of nitrogens with zero attached hydrogens (tertiary/aromatic N) is 2. The first-order valence-electron chi connectivity index (χ1n) is 9.67. The number of carbonyl (C=O) groups is 3. The number of piperidine rings is 1. The van der Waals surface area contributed by atoms with E-state index in [1.807, 2.05) is 4.90 Å². The third-order valence-corrected chi connectivity index (χ3v) is 4.42. The molecule has 1 saturated heterocycles. The molecule has 1 aliphatic rings. The molecule has 0 aromatic carbocycles. The highest BCUT2D eigenvalue weighted by atomic mass is 16.6. The van der Waals surface area contributed by atoms with Gasteiger partial charge in [-0.25, -0.2) is 4.79 Å². The van der Waals surface area contributed by atoms with Crippen LogP contribution in [0.1, 0.15) is 50.4 Å². The van der Waals surface area contributed by atoms with E-state index >= 15 is 0 Å². The first-order chi connectivity index (χ1) is 13.2. The van der Waals surface area contributed by atoms with Gasteiger partial charge < -0.3 is 20.3 Å². The van der Waals surface area contributed by atoms with Crippen molar-refractivity contribution < 1.29 is 19.1 Å². The molecule has 0 unspecified atom stereocenters. The number of ether oxygens (including phenoxy) is 1. The number of hydrogen-bond donors (Lipinski definition) is 2. The van der Waals surface area contributed by atoms with Crippen LogP contribution in [-0.2, 0) is 9.53 Å². The molecule has 0 spiro atoms. The molecule has 0 bridgehead atoms. The topological polar surface area (TPSA) is 101 Å². The van der Waals surface area contributed by atoms with E-state index in [0.717, 1.165) is 12.8 Å². The van der Waals surface area contributed by atoms with E-state index in [4.69, 9.17) is 4.74 Å². The summed E-state index contributed by atoms with van der Waals surface area (Å²) in [5.74, 6) is 0.245.